The number of hydrogen-bond acceptors (Lipinski definition) is 7. The Morgan fingerprint density at radius 3 is 2.80 bits per heavy atom. The fourth-order valence-corrected chi connectivity index (χ4v) is 2.17. The Labute approximate surface area is 144 Å². The number of nitrogens with one attached hydrogen (secondary N) is 2. The van der Waals surface area contributed by atoms with Crippen LogP contribution in [0.15, 0.2) is 29.4 Å². The van der Waals surface area contributed by atoms with E-state index in [0.29, 0.717) is 31.9 Å². The van der Waals surface area contributed by atoms with Crippen molar-refractivity contribution in [3.05, 3.63) is 39.9 Å². The predicted molar refractivity (Wildman–Crippen MR) is 89.1 cm³/mol. The number of carbonyl (C=O) groups is 2. The smallest absolute Gasteiger partial charge is 0.329 e. The van der Waals surface area contributed by atoms with Gasteiger partial charge in [-0.15, -0.1) is 0 Å². The Balaban J connectivity index is 1.72. The molecule has 0 atom stereocenters. The maximum Gasteiger partial charge on any atom is 0.329 e. The molecular weight excluding hydrogens is 330 g/mol. The first kappa shape index (κ1) is 18.5. The molecule has 10 heteroatoms. The summed E-state index contributed by atoms with van der Waals surface area (Å²) in [6.07, 6.45) is 1.23. The maximum atomic E-state index is 11.6. The Hall–Kier alpha value is -2.85. The van der Waals surface area contributed by atoms with Crippen LogP contribution in [0.4, 0.5) is 5.69 Å². The number of carbonyl (C=O) groups excluding carboxylic acids is 2. The van der Waals surface area contributed by atoms with Crippen LogP contribution in [-0.2, 0) is 14.3 Å². The van der Waals surface area contributed by atoms with E-state index < -0.39 is 16.7 Å². The lowest BCUT2D eigenvalue weighted by molar-refractivity contribution is -0.384. The number of non-ortho nitro benzene ring substituents is 1. The van der Waals surface area contributed by atoms with E-state index in [4.69, 9.17) is 4.74 Å². The highest BCUT2D eigenvalue weighted by atomic mass is 16.6. The second-order valence-corrected chi connectivity index (χ2v) is 5.26. The van der Waals surface area contributed by atoms with Gasteiger partial charge in [0.15, 0.2) is 0 Å². The van der Waals surface area contributed by atoms with E-state index in [0.717, 1.165) is 13.1 Å². The summed E-state index contributed by atoms with van der Waals surface area (Å²) in [4.78, 5) is 35.5. The third-order valence-electron chi connectivity index (χ3n) is 3.48. The van der Waals surface area contributed by atoms with Crippen LogP contribution < -0.4 is 10.7 Å². The Kier molecular flexibility index (Phi) is 6.99. The third kappa shape index (κ3) is 6.28. The number of morpholine rings is 1. The van der Waals surface area contributed by atoms with Crippen LogP contribution in [0.5, 0.6) is 0 Å². The van der Waals surface area contributed by atoms with Gasteiger partial charge < -0.3 is 10.1 Å². The number of nitrogens with zero attached hydrogens (tertiary/aromatic N) is 3. The number of amides is 2. The van der Waals surface area contributed by atoms with Crippen LogP contribution in [0.1, 0.15) is 5.56 Å². The minimum absolute atomic E-state index is 0.0869. The van der Waals surface area contributed by atoms with Gasteiger partial charge in [0.2, 0.25) is 0 Å². The maximum absolute atomic E-state index is 11.6. The molecule has 1 aromatic carbocycles. The number of nitro groups is 1. The molecule has 1 fully saturated rings. The second kappa shape index (κ2) is 9.45. The molecule has 0 aliphatic carbocycles. The summed E-state index contributed by atoms with van der Waals surface area (Å²) < 4.78 is 5.22. The summed E-state index contributed by atoms with van der Waals surface area (Å²) in [7, 11) is 0. The topological polar surface area (TPSA) is 126 Å². The van der Waals surface area contributed by atoms with Crippen LogP contribution in [0.2, 0.25) is 0 Å². The van der Waals surface area contributed by atoms with Crippen molar-refractivity contribution in [3.8, 4) is 0 Å². The van der Waals surface area contributed by atoms with E-state index in [1.54, 1.807) is 6.07 Å². The summed E-state index contributed by atoms with van der Waals surface area (Å²) in [6.45, 7) is 3.92. The Morgan fingerprint density at radius 1 is 1.32 bits per heavy atom. The minimum atomic E-state index is -0.899. The van der Waals surface area contributed by atoms with Gasteiger partial charge >= 0.3 is 11.8 Å². The summed E-state index contributed by atoms with van der Waals surface area (Å²) in [6, 6.07) is 5.74. The van der Waals surface area contributed by atoms with Gasteiger partial charge in [-0.2, -0.15) is 5.10 Å². The number of hydrogen-bond donors (Lipinski definition) is 2. The second-order valence-electron chi connectivity index (χ2n) is 5.26. The molecule has 0 bridgehead atoms. The van der Waals surface area contributed by atoms with Crippen LogP contribution in [-0.4, -0.2) is 67.2 Å². The Morgan fingerprint density at radius 2 is 2.08 bits per heavy atom. The van der Waals surface area contributed by atoms with Crippen molar-refractivity contribution in [1.29, 1.82) is 0 Å². The Bertz CT molecular complexity index is 657. The molecular formula is C15H19N5O5. The molecule has 2 rings (SSSR count). The van der Waals surface area contributed by atoms with Crippen molar-refractivity contribution < 1.29 is 19.2 Å². The first-order chi connectivity index (χ1) is 12.1. The average molecular weight is 349 g/mol. The van der Waals surface area contributed by atoms with Crippen molar-refractivity contribution in [1.82, 2.24) is 15.6 Å². The van der Waals surface area contributed by atoms with Crippen molar-refractivity contribution in [3.63, 3.8) is 0 Å². The zero-order chi connectivity index (χ0) is 18.1. The molecule has 0 radical (unpaired) electrons. The molecule has 1 heterocycles. The molecule has 0 saturated carbocycles. The lowest BCUT2D eigenvalue weighted by atomic mass is 10.2. The summed E-state index contributed by atoms with van der Waals surface area (Å²) in [5.74, 6) is -1.69. The molecule has 10 nitrogen and oxygen atoms in total. The van der Waals surface area contributed by atoms with Gasteiger partial charge in [0, 0.05) is 43.9 Å². The highest BCUT2D eigenvalue weighted by molar-refractivity contribution is 6.35. The van der Waals surface area contributed by atoms with Crippen LogP contribution in [0.3, 0.4) is 0 Å². The van der Waals surface area contributed by atoms with Gasteiger partial charge in [0.05, 0.1) is 24.4 Å². The van der Waals surface area contributed by atoms with Gasteiger partial charge in [-0.3, -0.25) is 24.6 Å². The summed E-state index contributed by atoms with van der Waals surface area (Å²) in [5, 5.41) is 16.8. The van der Waals surface area contributed by atoms with Crippen molar-refractivity contribution >= 4 is 23.7 Å². The van der Waals surface area contributed by atoms with Crippen molar-refractivity contribution in [2.75, 3.05) is 39.4 Å². The number of rotatable bonds is 6. The molecule has 0 unspecified atom stereocenters. The summed E-state index contributed by atoms with van der Waals surface area (Å²) >= 11 is 0. The zero-order valence-electron chi connectivity index (χ0n) is 13.5. The van der Waals surface area contributed by atoms with Crippen molar-refractivity contribution in [2.24, 2.45) is 5.10 Å². The summed E-state index contributed by atoms with van der Waals surface area (Å²) in [5.41, 5.74) is 2.43. The number of hydrazone groups is 1. The number of nitro benzene ring substituents is 1. The van der Waals surface area contributed by atoms with Gasteiger partial charge in [-0.1, -0.05) is 12.1 Å². The molecule has 1 aliphatic heterocycles. The quantitative estimate of drug-likeness (QED) is 0.308. The lowest BCUT2D eigenvalue weighted by Crippen LogP contribution is -2.44. The molecule has 2 N–H and O–H groups in total. The molecule has 2 amide bonds. The first-order valence-corrected chi connectivity index (χ1v) is 7.72. The lowest BCUT2D eigenvalue weighted by Gasteiger charge is -2.26. The largest absolute Gasteiger partial charge is 0.379 e. The van der Waals surface area contributed by atoms with E-state index in [1.165, 1.54) is 24.4 Å². The SMILES string of the molecule is O=C(NCCN1CCOCC1)C(=O)N/N=C\c1cccc([N+](=O)[O-])c1. The van der Waals surface area contributed by atoms with Crippen LogP contribution >= 0.6 is 0 Å². The van der Waals surface area contributed by atoms with Gasteiger partial charge in [0.1, 0.15) is 0 Å². The molecule has 25 heavy (non-hydrogen) atoms. The van der Waals surface area contributed by atoms with Crippen LogP contribution in [0, 0.1) is 10.1 Å². The molecule has 0 spiro atoms. The molecule has 1 saturated heterocycles. The average Bonchev–Trinajstić information content (AvgIpc) is 2.62. The normalized spacial score (nSPS) is 15.0. The third-order valence-corrected chi connectivity index (χ3v) is 3.48. The fourth-order valence-electron chi connectivity index (χ4n) is 2.17. The van der Waals surface area contributed by atoms with Gasteiger partial charge in [0.25, 0.3) is 5.69 Å². The zero-order valence-corrected chi connectivity index (χ0v) is 13.5. The van der Waals surface area contributed by atoms with Crippen molar-refractivity contribution in [2.45, 2.75) is 0 Å². The van der Waals surface area contributed by atoms with E-state index >= 15 is 0 Å². The van der Waals surface area contributed by atoms with Gasteiger partial charge in [-0.25, -0.2) is 5.43 Å². The first-order valence-electron chi connectivity index (χ1n) is 7.72. The minimum Gasteiger partial charge on any atom is -0.379 e. The molecule has 0 aromatic heterocycles. The molecule has 1 aliphatic rings. The highest BCUT2D eigenvalue weighted by Gasteiger charge is 2.14. The van der Waals surface area contributed by atoms with E-state index in [-0.39, 0.29) is 5.69 Å². The predicted octanol–water partition coefficient (Wildman–Crippen LogP) is -0.507. The number of ether oxygens (including phenoxy) is 1. The van der Waals surface area contributed by atoms with E-state index in [2.05, 4.69) is 20.7 Å². The highest BCUT2D eigenvalue weighted by Crippen LogP contribution is 2.11. The van der Waals surface area contributed by atoms with E-state index in [1.807, 2.05) is 0 Å². The standard InChI is InChI=1S/C15H19N5O5/c21-14(16-4-5-19-6-8-25-9-7-19)15(22)18-17-11-12-2-1-3-13(10-12)20(23)24/h1-3,10-11H,4-9H2,(H,16,21)(H,18,22)/b17-11-. The molecule has 134 valence electrons. The fraction of sp³-hybridized carbons (Fsp3) is 0.400. The van der Waals surface area contributed by atoms with E-state index in [9.17, 15) is 19.7 Å². The monoisotopic (exact) mass is 349 g/mol. The molecule has 1 aromatic rings. The van der Waals surface area contributed by atoms with Crippen LogP contribution in [0.25, 0.3) is 0 Å². The van der Waals surface area contributed by atoms with Gasteiger partial charge in [-0.05, 0) is 0 Å². The number of benzene rings is 1.